The first-order chi connectivity index (χ1) is 13.5. The second kappa shape index (κ2) is 8.69. The van der Waals surface area contributed by atoms with Gasteiger partial charge in [-0.3, -0.25) is 9.59 Å². The summed E-state index contributed by atoms with van der Waals surface area (Å²) in [4.78, 5) is 24.3. The average Bonchev–Trinajstić information content (AvgIpc) is 2.68. The Balaban J connectivity index is 1.70. The lowest BCUT2D eigenvalue weighted by atomic mass is 10.1. The van der Waals surface area contributed by atoms with Gasteiger partial charge in [0.15, 0.2) is 6.61 Å². The van der Waals surface area contributed by atoms with E-state index in [2.05, 4.69) is 5.32 Å². The Bertz CT molecular complexity index is 1060. The van der Waals surface area contributed by atoms with Crippen LogP contribution >= 0.6 is 0 Å². The van der Waals surface area contributed by atoms with Gasteiger partial charge in [0.25, 0.3) is 11.5 Å². The minimum Gasteiger partial charge on any atom is -0.484 e. The standard InChI is InChI=1S/C22H23FN2O3/c1-3-10-25-20-12-17(8-9-18(20)15(2)11-22(25)27)28-14-21(26)24-13-16-6-4-5-7-19(16)23/h4-9,11-12H,3,10,13-14H2,1-2H3,(H,24,26). The molecule has 1 aromatic heterocycles. The SMILES string of the molecule is CCCn1c(=O)cc(C)c2ccc(OCC(=O)NCc3ccccc3F)cc21. The Labute approximate surface area is 162 Å². The van der Waals surface area contributed by atoms with E-state index in [9.17, 15) is 14.0 Å². The average molecular weight is 382 g/mol. The molecular weight excluding hydrogens is 359 g/mol. The van der Waals surface area contributed by atoms with Crippen molar-refractivity contribution in [1.29, 1.82) is 0 Å². The van der Waals surface area contributed by atoms with Crippen LogP contribution in [0.15, 0.2) is 53.3 Å². The molecule has 146 valence electrons. The zero-order valence-electron chi connectivity index (χ0n) is 16.0. The predicted octanol–water partition coefficient (Wildman–Crippen LogP) is 3.55. The largest absolute Gasteiger partial charge is 0.484 e. The molecule has 0 bridgehead atoms. The van der Waals surface area contributed by atoms with Gasteiger partial charge in [-0.1, -0.05) is 25.1 Å². The molecule has 0 atom stereocenters. The number of aryl methyl sites for hydroxylation is 2. The van der Waals surface area contributed by atoms with Crippen molar-refractivity contribution < 1.29 is 13.9 Å². The van der Waals surface area contributed by atoms with Crippen molar-refractivity contribution in [2.24, 2.45) is 0 Å². The summed E-state index contributed by atoms with van der Waals surface area (Å²) in [5.74, 6) is -0.204. The number of nitrogens with zero attached hydrogens (tertiary/aromatic N) is 1. The number of hydrogen-bond acceptors (Lipinski definition) is 3. The quantitative estimate of drug-likeness (QED) is 0.680. The van der Waals surface area contributed by atoms with Crippen molar-refractivity contribution in [3.63, 3.8) is 0 Å². The first kappa shape index (κ1) is 19.6. The van der Waals surface area contributed by atoms with E-state index >= 15 is 0 Å². The molecule has 28 heavy (non-hydrogen) atoms. The van der Waals surface area contributed by atoms with Crippen LogP contribution in [0.4, 0.5) is 4.39 Å². The smallest absolute Gasteiger partial charge is 0.258 e. The molecule has 2 aromatic carbocycles. The molecule has 0 spiro atoms. The van der Waals surface area contributed by atoms with Crippen LogP contribution < -0.4 is 15.6 Å². The number of aromatic nitrogens is 1. The monoisotopic (exact) mass is 382 g/mol. The number of amides is 1. The van der Waals surface area contributed by atoms with E-state index in [1.54, 1.807) is 41.0 Å². The molecule has 0 fully saturated rings. The molecule has 3 rings (SSSR count). The number of fused-ring (bicyclic) bond motifs is 1. The van der Waals surface area contributed by atoms with E-state index in [4.69, 9.17) is 4.74 Å². The molecule has 6 heteroatoms. The number of ether oxygens (including phenoxy) is 1. The lowest BCUT2D eigenvalue weighted by Gasteiger charge is -2.13. The van der Waals surface area contributed by atoms with Crippen LogP contribution in [0.2, 0.25) is 0 Å². The summed E-state index contributed by atoms with van der Waals surface area (Å²) in [6, 6.07) is 13.4. The molecule has 0 aliphatic rings. The first-order valence-corrected chi connectivity index (χ1v) is 9.26. The summed E-state index contributed by atoms with van der Waals surface area (Å²) in [5, 5.41) is 3.61. The molecule has 0 unspecified atom stereocenters. The number of pyridine rings is 1. The maximum absolute atomic E-state index is 13.6. The molecule has 0 aliphatic heterocycles. The lowest BCUT2D eigenvalue weighted by Crippen LogP contribution is -2.28. The number of carbonyl (C=O) groups excluding carboxylic acids is 1. The topological polar surface area (TPSA) is 60.3 Å². The molecule has 1 N–H and O–H groups in total. The van der Waals surface area contributed by atoms with Crippen LogP contribution in [0.25, 0.3) is 10.9 Å². The normalized spacial score (nSPS) is 10.8. The van der Waals surface area contributed by atoms with Crippen LogP contribution in [0.3, 0.4) is 0 Å². The molecule has 0 aliphatic carbocycles. The van der Waals surface area contributed by atoms with Gasteiger partial charge in [-0.2, -0.15) is 0 Å². The summed E-state index contributed by atoms with van der Waals surface area (Å²) in [6.07, 6.45) is 0.835. The van der Waals surface area contributed by atoms with Gasteiger partial charge < -0.3 is 14.6 Å². The van der Waals surface area contributed by atoms with Gasteiger partial charge in [0, 0.05) is 36.2 Å². The van der Waals surface area contributed by atoms with Crippen LogP contribution in [0, 0.1) is 12.7 Å². The van der Waals surface area contributed by atoms with Crippen LogP contribution in [0.1, 0.15) is 24.5 Å². The summed E-state index contributed by atoms with van der Waals surface area (Å²) >= 11 is 0. The van der Waals surface area contributed by atoms with Crippen molar-refractivity contribution in [2.45, 2.75) is 33.4 Å². The van der Waals surface area contributed by atoms with Gasteiger partial charge in [-0.25, -0.2) is 4.39 Å². The van der Waals surface area contributed by atoms with Gasteiger partial charge in [-0.15, -0.1) is 0 Å². The number of rotatable bonds is 7. The number of benzene rings is 2. The number of nitrogens with one attached hydrogen (secondary N) is 1. The first-order valence-electron chi connectivity index (χ1n) is 9.26. The third-order valence-electron chi connectivity index (χ3n) is 4.54. The molecule has 0 saturated carbocycles. The molecule has 0 radical (unpaired) electrons. The minimum absolute atomic E-state index is 0.0494. The zero-order valence-corrected chi connectivity index (χ0v) is 16.0. The second-order valence-electron chi connectivity index (χ2n) is 6.65. The van der Waals surface area contributed by atoms with Crippen LogP contribution in [-0.2, 0) is 17.9 Å². The summed E-state index contributed by atoms with van der Waals surface area (Å²) in [6.45, 7) is 4.43. The third kappa shape index (κ3) is 4.39. The highest BCUT2D eigenvalue weighted by Gasteiger charge is 2.09. The molecule has 1 amide bonds. The van der Waals surface area contributed by atoms with Crippen molar-refractivity contribution in [3.05, 3.63) is 75.8 Å². The third-order valence-corrected chi connectivity index (χ3v) is 4.54. The summed E-state index contributed by atoms with van der Waals surface area (Å²) in [7, 11) is 0. The van der Waals surface area contributed by atoms with Crippen molar-refractivity contribution in [3.8, 4) is 5.75 Å². The molecule has 5 nitrogen and oxygen atoms in total. The minimum atomic E-state index is -0.359. The zero-order chi connectivity index (χ0) is 20.1. The predicted molar refractivity (Wildman–Crippen MR) is 107 cm³/mol. The Kier molecular flexibility index (Phi) is 6.09. The van der Waals surface area contributed by atoms with E-state index in [0.717, 1.165) is 22.9 Å². The lowest BCUT2D eigenvalue weighted by molar-refractivity contribution is -0.123. The highest BCUT2D eigenvalue weighted by molar-refractivity contribution is 5.84. The maximum Gasteiger partial charge on any atom is 0.258 e. The van der Waals surface area contributed by atoms with E-state index in [-0.39, 0.29) is 30.4 Å². The van der Waals surface area contributed by atoms with Crippen molar-refractivity contribution in [2.75, 3.05) is 6.61 Å². The Hall–Kier alpha value is -3.15. The Morgan fingerprint density at radius 2 is 1.96 bits per heavy atom. The maximum atomic E-state index is 13.6. The Morgan fingerprint density at radius 1 is 1.18 bits per heavy atom. The van der Waals surface area contributed by atoms with Gasteiger partial charge in [0.05, 0.1) is 5.52 Å². The number of carbonyl (C=O) groups is 1. The molecular formula is C22H23FN2O3. The highest BCUT2D eigenvalue weighted by Crippen LogP contribution is 2.22. The van der Waals surface area contributed by atoms with E-state index in [1.807, 2.05) is 19.9 Å². The van der Waals surface area contributed by atoms with Crippen molar-refractivity contribution in [1.82, 2.24) is 9.88 Å². The van der Waals surface area contributed by atoms with E-state index in [0.29, 0.717) is 17.9 Å². The van der Waals surface area contributed by atoms with Gasteiger partial charge in [-0.05, 0) is 37.1 Å². The van der Waals surface area contributed by atoms with Crippen LogP contribution in [0.5, 0.6) is 5.75 Å². The summed E-state index contributed by atoms with van der Waals surface area (Å²) < 4.78 is 20.9. The van der Waals surface area contributed by atoms with Gasteiger partial charge in [0.1, 0.15) is 11.6 Å². The molecule has 1 heterocycles. The second-order valence-corrected chi connectivity index (χ2v) is 6.65. The van der Waals surface area contributed by atoms with Crippen molar-refractivity contribution >= 4 is 16.8 Å². The van der Waals surface area contributed by atoms with Gasteiger partial charge >= 0.3 is 0 Å². The van der Waals surface area contributed by atoms with Gasteiger partial charge in [0.2, 0.25) is 0 Å². The fourth-order valence-electron chi connectivity index (χ4n) is 3.11. The van der Waals surface area contributed by atoms with E-state index in [1.165, 1.54) is 6.07 Å². The molecule has 3 aromatic rings. The van der Waals surface area contributed by atoms with Crippen LogP contribution in [-0.4, -0.2) is 17.1 Å². The Morgan fingerprint density at radius 3 is 2.71 bits per heavy atom. The fourth-order valence-corrected chi connectivity index (χ4v) is 3.11. The van der Waals surface area contributed by atoms with E-state index < -0.39 is 0 Å². The molecule has 0 saturated heterocycles. The fraction of sp³-hybridized carbons (Fsp3) is 0.273. The number of hydrogen-bond donors (Lipinski definition) is 1. The highest BCUT2D eigenvalue weighted by atomic mass is 19.1. The summed E-state index contributed by atoms with van der Waals surface area (Å²) in [5.41, 5.74) is 2.06. The number of halogens is 1.